The Balaban J connectivity index is 3.26. The number of urea groups is 1. The summed E-state index contributed by atoms with van der Waals surface area (Å²) in [5.41, 5.74) is 1.51. The molecule has 0 unspecified atom stereocenters. The molecule has 0 aromatic carbocycles. The highest BCUT2D eigenvalue weighted by Gasteiger charge is 2.00. The number of nitrogens with zero attached hydrogens (tertiary/aromatic N) is 1. The van der Waals surface area contributed by atoms with E-state index in [9.17, 15) is 9.18 Å². The van der Waals surface area contributed by atoms with E-state index >= 15 is 0 Å². The second-order valence-electron chi connectivity index (χ2n) is 1.35. The number of hydrogen-bond acceptors (Lipinski definition) is 4. The molecule has 0 fully saturated rings. The molecule has 0 aliphatic heterocycles. The molecule has 6 nitrogen and oxygen atoms in total. The lowest BCUT2D eigenvalue weighted by Crippen LogP contribution is -2.44. The monoisotopic (exact) mass is 153 g/mol. The minimum atomic E-state index is -0.886. The Morgan fingerprint density at radius 2 is 2.20 bits per heavy atom. The molecule has 0 aromatic heterocycles. The fourth-order valence-electron chi connectivity index (χ4n) is 0.291. The average molecular weight is 153 g/mol. The molecule has 0 radical (unpaired) electrons. The minimum Gasteiger partial charge on any atom is -0.334 e. The van der Waals surface area contributed by atoms with Crippen LogP contribution in [0.25, 0.3) is 0 Å². The summed E-state index contributed by atoms with van der Waals surface area (Å²) in [7, 11) is 0. The SMILES string of the molecule is O=C(NCCF)NN(O)O. The highest BCUT2D eigenvalue weighted by atomic mass is 19.1. The lowest BCUT2D eigenvalue weighted by atomic mass is 10.7. The molecule has 0 saturated carbocycles. The van der Waals surface area contributed by atoms with Crippen molar-refractivity contribution in [3.05, 3.63) is 0 Å². The van der Waals surface area contributed by atoms with Gasteiger partial charge in [-0.15, -0.1) is 0 Å². The van der Waals surface area contributed by atoms with Gasteiger partial charge in [0, 0.05) is 11.9 Å². The number of hydrogen-bond donors (Lipinski definition) is 4. The average Bonchev–Trinajstić information content (AvgIpc) is 1.82. The molecular weight excluding hydrogens is 145 g/mol. The van der Waals surface area contributed by atoms with E-state index in [-0.39, 0.29) is 6.54 Å². The first-order valence-electron chi connectivity index (χ1n) is 2.45. The first kappa shape index (κ1) is 9.08. The molecule has 60 valence electrons. The van der Waals surface area contributed by atoms with Gasteiger partial charge in [0.25, 0.3) is 0 Å². The molecule has 10 heavy (non-hydrogen) atoms. The summed E-state index contributed by atoms with van der Waals surface area (Å²) in [6.07, 6.45) is 0. The van der Waals surface area contributed by atoms with Gasteiger partial charge in [0.1, 0.15) is 6.67 Å². The zero-order chi connectivity index (χ0) is 7.98. The smallest absolute Gasteiger partial charge is 0.333 e. The Morgan fingerprint density at radius 3 is 2.60 bits per heavy atom. The summed E-state index contributed by atoms with van der Waals surface area (Å²) >= 11 is 0. The molecule has 0 rings (SSSR count). The standard InChI is InChI=1S/C3H8FN3O3/c4-1-2-5-3(8)6-7(9)10/h9-10H,1-2H2,(H2,5,6,8). The van der Waals surface area contributed by atoms with Gasteiger partial charge in [-0.25, -0.2) is 14.6 Å². The van der Waals surface area contributed by atoms with Crippen molar-refractivity contribution in [2.24, 2.45) is 0 Å². The van der Waals surface area contributed by atoms with E-state index in [0.29, 0.717) is 0 Å². The number of amides is 2. The normalized spacial score (nSPS) is 9.60. The number of carbonyl (C=O) groups is 1. The molecule has 0 heterocycles. The molecule has 0 aromatic rings. The van der Waals surface area contributed by atoms with Crippen LogP contribution in [0, 0.1) is 0 Å². The van der Waals surface area contributed by atoms with Crippen molar-refractivity contribution in [2.75, 3.05) is 13.2 Å². The third-order valence-electron chi connectivity index (χ3n) is 0.582. The molecule has 0 aliphatic rings. The van der Waals surface area contributed by atoms with Gasteiger partial charge in [-0.05, 0) is 0 Å². The summed E-state index contributed by atoms with van der Waals surface area (Å²) in [5, 5.41) is 17.3. The van der Waals surface area contributed by atoms with Crippen molar-refractivity contribution >= 4 is 6.03 Å². The largest absolute Gasteiger partial charge is 0.334 e. The quantitative estimate of drug-likeness (QED) is 0.402. The van der Waals surface area contributed by atoms with E-state index in [1.54, 1.807) is 0 Å². The number of alkyl halides is 1. The first-order chi connectivity index (χ1) is 4.66. The van der Waals surface area contributed by atoms with Crippen LogP contribution < -0.4 is 10.7 Å². The van der Waals surface area contributed by atoms with Crippen molar-refractivity contribution in [3.63, 3.8) is 0 Å². The van der Waals surface area contributed by atoms with Crippen molar-refractivity contribution < 1.29 is 19.6 Å². The van der Waals surface area contributed by atoms with Crippen molar-refractivity contribution in [1.82, 2.24) is 16.1 Å². The second kappa shape index (κ2) is 4.91. The molecular formula is C3H8FN3O3. The number of nitrogens with one attached hydrogen (secondary N) is 2. The summed E-state index contributed by atoms with van der Waals surface area (Å²) in [6.45, 7) is -0.871. The maximum Gasteiger partial charge on any atom is 0.333 e. The van der Waals surface area contributed by atoms with E-state index in [1.807, 2.05) is 5.32 Å². The number of halogens is 1. The lowest BCUT2D eigenvalue weighted by Gasteiger charge is -2.07. The van der Waals surface area contributed by atoms with Gasteiger partial charge in [-0.3, -0.25) is 10.4 Å². The second-order valence-corrected chi connectivity index (χ2v) is 1.35. The van der Waals surface area contributed by atoms with E-state index < -0.39 is 18.0 Å². The van der Waals surface area contributed by atoms with Gasteiger partial charge in [0.05, 0.1) is 0 Å². The Morgan fingerprint density at radius 1 is 1.60 bits per heavy atom. The molecule has 0 saturated heterocycles. The van der Waals surface area contributed by atoms with Gasteiger partial charge >= 0.3 is 6.03 Å². The van der Waals surface area contributed by atoms with Gasteiger partial charge in [0.2, 0.25) is 0 Å². The van der Waals surface area contributed by atoms with Crippen LogP contribution in [0.4, 0.5) is 9.18 Å². The minimum absolute atomic E-state index is 0.167. The maximum atomic E-state index is 11.3. The maximum absolute atomic E-state index is 11.3. The van der Waals surface area contributed by atoms with Crippen molar-refractivity contribution in [2.45, 2.75) is 0 Å². The van der Waals surface area contributed by atoms with Crippen LogP contribution in [0.15, 0.2) is 0 Å². The molecule has 0 atom stereocenters. The number of carbonyl (C=O) groups excluding carboxylic acids is 1. The third-order valence-corrected chi connectivity index (χ3v) is 0.582. The van der Waals surface area contributed by atoms with E-state index in [0.717, 1.165) is 0 Å². The molecule has 0 spiro atoms. The predicted octanol–water partition coefficient (Wildman–Crippen LogP) is -0.750. The van der Waals surface area contributed by atoms with Crippen LogP contribution in [-0.2, 0) is 0 Å². The van der Waals surface area contributed by atoms with E-state index in [2.05, 4.69) is 0 Å². The number of rotatable bonds is 3. The van der Waals surface area contributed by atoms with Crippen LogP contribution >= 0.6 is 0 Å². The van der Waals surface area contributed by atoms with Gasteiger partial charge in [-0.2, -0.15) is 0 Å². The zero-order valence-electron chi connectivity index (χ0n) is 5.04. The molecule has 0 bridgehead atoms. The molecule has 2 amide bonds. The van der Waals surface area contributed by atoms with E-state index in [4.69, 9.17) is 10.4 Å². The van der Waals surface area contributed by atoms with Crippen LogP contribution in [-0.4, -0.2) is 35.0 Å². The van der Waals surface area contributed by atoms with Crippen molar-refractivity contribution in [1.29, 1.82) is 0 Å². The van der Waals surface area contributed by atoms with Crippen LogP contribution in [0.3, 0.4) is 0 Å². The van der Waals surface area contributed by atoms with E-state index in [1.165, 1.54) is 5.43 Å². The Hall–Kier alpha value is -0.920. The summed E-state index contributed by atoms with van der Waals surface area (Å²) in [4.78, 5) is 10.3. The highest BCUT2D eigenvalue weighted by Crippen LogP contribution is 1.67. The zero-order valence-corrected chi connectivity index (χ0v) is 5.04. The number of hydrazine groups is 1. The van der Waals surface area contributed by atoms with Gasteiger partial charge in [-0.1, -0.05) is 0 Å². The fraction of sp³-hybridized carbons (Fsp3) is 0.667. The molecule has 0 aliphatic carbocycles. The van der Waals surface area contributed by atoms with Crippen LogP contribution in [0.5, 0.6) is 0 Å². The summed E-state index contributed by atoms with van der Waals surface area (Å²) < 4.78 is 11.3. The summed E-state index contributed by atoms with van der Waals surface area (Å²) in [6, 6.07) is -0.886. The summed E-state index contributed by atoms with van der Waals surface area (Å²) in [5.74, 6) is 0. The third kappa shape index (κ3) is 5.22. The topological polar surface area (TPSA) is 84.8 Å². The Bertz CT molecular complexity index is 109. The lowest BCUT2D eigenvalue weighted by molar-refractivity contribution is -0.331. The predicted molar refractivity (Wildman–Crippen MR) is 27.9 cm³/mol. The van der Waals surface area contributed by atoms with Crippen LogP contribution in [0.1, 0.15) is 0 Å². The Labute approximate surface area is 56.1 Å². The Kier molecular flexibility index (Phi) is 4.46. The van der Waals surface area contributed by atoms with Crippen LogP contribution in [0.2, 0.25) is 0 Å². The van der Waals surface area contributed by atoms with Crippen molar-refractivity contribution in [3.8, 4) is 0 Å². The molecule has 7 heteroatoms. The molecule has 4 N–H and O–H groups in total. The fourth-order valence-corrected chi connectivity index (χ4v) is 0.291. The van der Waals surface area contributed by atoms with Gasteiger partial charge in [0.15, 0.2) is 0 Å². The first-order valence-corrected chi connectivity index (χ1v) is 2.45. The van der Waals surface area contributed by atoms with Gasteiger partial charge < -0.3 is 5.32 Å². The highest BCUT2D eigenvalue weighted by molar-refractivity contribution is 5.72.